The number of rotatable bonds is 8. The van der Waals surface area contributed by atoms with Crippen molar-refractivity contribution in [2.75, 3.05) is 57.3 Å². The summed E-state index contributed by atoms with van der Waals surface area (Å²) in [5, 5.41) is 0. The molecule has 0 spiro atoms. The maximum Gasteiger partial charge on any atom is 0.119 e. The zero-order chi connectivity index (χ0) is 19.9. The molecule has 1 aromatic rings. The highest BCUT2D eigenvalue weighted by Crippen LogP contribution is 2.28. The van der Waals surface area contributed by atoms with Gasteiger partial charge in [0.25, 0.3) is 0 Å². The van der Waals surface area contributed by atoms with Gasteiger partial charge in [-0.2, -0.15) is 0 Å². The molecule has 3 fully saturated rings. The van der Waals surface area contributed by atoms with E-state index in [4.69, 9.17) is 4.74 Å². The Bertz CT molecular complexity index is 591. The highest BCUT2D eigenvalue weighted by molar-refractivity contribution is 5.51. The van der Waals surface area contributed by atoms with Gasteiger partial charge in [0.1, 0.15) is 5.75 Å². The first-order valence-electron chi connectivity index (χ1n) is 12.2. The van der Waals surface area contributed by atoms with Crippen molar-refractivity contribution in [1.82, 2.24) is 9.80 Å². The highest BCUT2D eigenvalue weighted by atomic mass is 16.5. The number of hydrogen-bond donors (Lipinski definition) is 0. The number of anilines is 1. The van der Waals surface area contributed by atoms with Crippen LogP contribution < -0.4 is 9.64 Å². The van der Waals surface area contributed by atoms with E-state index in [1.54, 1.807) is 0 Å². The second-order valence-corrected chi connectivity index (χ2v) is 9.57. The van der Waals surface area contributed by atoms with E-state index in [0.717, 1.165) is 24.7 Å². The van der Waals surface area contributed by atoms with Gasteiger partial charge < -0.3 is 19.4 Å². The number of ether oxygens (including phenoxy) is 1. The molecule has 4 rings (SSSR count). The number of nitrogens with zero attached hydrogens (tertiary/aromatic N) is 3. The van der Waals surface area contributed by atoms with E-state index < -0.39 is 0 Å². The molecule has 0 radical (unpaired) electrons. The van der Waals surface area contributed by atoms with E-state index in [1.807, 2.05) is 0 Å². The molecular formula is C25H41N3O. The van der Waals surface area contributed by atoms with Crippen LogP contribution in [0, 0.1) is 5.92 Å². The zero-order valence-electron chi connectivity index (χ0n) is 18.5. The first-order chi connectivity index (χ1) is 14.3. The predicted molar refractivity (Wildman–Crippen MR) is 122 cm³/mol. The molecule has 29 heavy (non-hydrogen) atoms. The standard InChI is InChI=1S/C25H41N3O/c1-22-12-18-26(19-13-22)16-6-20-29-25-10-8-23(9-11-25)28-17-5-7-24(28)21-27-14-3-2-4-15-27/h8-11,22,24H,2-7,12-21H2,1H3. The molecule has 1 unspecified atom stereocenters. The van der Waals surface area contributed by atoms with Crippen molar-refractivity contribution in [3.63, 3.8) is 0 Å². The van der Waals surface area contributed by atoms with E-state index in [9.17, 15) is 0 Å². The van der Waals surface area contributed by atoms with Crippen molar-refractivity contribution in [2.24, 2.45) is 5.92 Å². The van der Waals surface area contributed by atoms with Crippen LogP contribution >= 0.6 is 0 Å². The molecule has 0 saturated carbocycles. The number of piperidine rings is 2. The summed E-state index contributed by atoms with van der Waals surface area (Å²) in [5.74, 6) is 1.93. The van der Waals surface area contributed by atoms with Gasteiger partial charge in [-0.25, -0.2) is 0 Å². The fraction of sp³-hybridized carbons (Fsp3) is 0.760. The Morgan fingerprint density at radius 1 is 0.828 bits per heavy atom. The Morgan fingerprint density at radius 2 is 1.59 bits per heavy atom. The molecule has 3 heterocycles. The quantitative estimate of drug-likeness (QED) is 0.593. The summed E-state index contributed by atoms with van der Waals surface area (Å²) in [6.45, 7) is 12.0. The minimum atomic E-state index is 0.687. The number of likely N-dealkylation sites (tertiary alicyclic amines) is 2. The van der Waals surface area contributed by atoms with Gasteiger partial charge in [-0.05, 0) is 101 Å². The zero-order valence-corrected chi connectivity index (χ0v) is 18.5. The molecular weight excluding hydrogens is 358 g/mol. The third-order valence-corrected chi connectivity index (χ3v) is 7.23. The number of hydrogen-bond acceptors (Lipinski definition) is 4. The molecule has 3 aliphatic heterocycles. The summed E-state index contributed by atoms with van der Waals surface area (Å²) >= 11 is 0. The minimum absolute atomic E-state index is 0.687. The fourth-order valence-electron chi connectivity index (χ4n) is 5.30. The average molecular weight is 400 g/mol. The second kappa shape index (κ2) is 10.7. The fourth-order valence-corrected chi connectivity index (χ4v) is 5.30. The van der Waals surface area contributed by atoms with E-state index in [2.05, 4.69) is 45.9 Å². The molecule has 162 valence electrons. The van der Waals surface area contributed by atoms with Gasteiger partial charge in [0.15, 0.2) is 0 Å². The summed E-state index contributed by atoms with van der Waals surface area (Å²) in [6, 6.07) is 9.58. The smallest absolute Gasteiger partial charge is 0.119 e. The van der Waals surface area contributed by atoms with Crippen molar-refractivity contribution in [1.29, 1.82) is 0 Å². The van der Waals surface area contributed by atoms with E-state index in [-0.39, 0.29) is 0 Å². The Kier molecular flexibility index (Phi) is 7.73. The molecule has 4 nitrogen and oxygen atoms in total. The van der Waals surface area contributed by atoms with Gasteiger partial charge in [0.05, 0.1) is 6.61 Å². The van der Waals surface area contributed by atoms with Crippen molar-refractivity contribution >= 4 is 5.69 Å². The first kappa shape index (κ1) is 21.0. The van der Waals surface area contributed by atoms with Crippen molar-refractivity contribution < 1.29 is 4.74 Å². The first-order valence-corrected chi connectivity index (χ1v) is 12.2. The lowest BCUT2D eigenvalue weighted by Gasteiger charge is -2.34. The topological polar surface area (TPSA) is 19.0 Å². The summed E-state index contributed by atoms with van der Waals surface area (Å²) in [6.07, 6.45) is 10.7. The minimum Gasteiger partial charge on any atom is -0.494 e. The molecule has 0 amide bonds. The Balaban J connectivity index is 1.20. The van der Waals surface area contributed by atoms with Crippen molar-refractivity contribution in [3.05, 3.63) is 24.3 Å². The van der Waals surface area contributed by atoms with Crippen LogP contribution in [-0.4, -0.2) is 68.3 Å². The van der Waals surface area contributed by atoms with Crippen LogP contribution in [0.4, 0.5) is 5.69 Å². The maximum absolute atomic E-state index is 6.03. The number of benzene rings is 1. The van der Waals surface area contributed by atoms with Crippen LogP contribution in [0.1, 0.15) is 58.3 Å². The molecule has 1 atom stereocenters. The summed E-state index contributed by atoms with van der Waals surface area (Å²) in [7, 11) is 0. The molecule has 0 N–H and O–H groups in total. The highest BCUT2D eigenvalue weighted by Gasteiger charge is 2.27. The van der Waals surface area contributed by atoms with Gasteiger partial charge in [0, 0.05) is 31.4 Å². The molecule has 0 aliphatic carbocycles. The Morgan fingerprint density at radius 3 is 2.34 bits per heavy atom. The van der Waals surface area contributed by atoms with Crippen LogP contribution in [-0.2, 0) is 0 Å². The molecule has 4 heteroatoms. The van der Waals surface area contributed by atoms with Crippen LogP contribution in [0.25, 0.3) is 0 Å². The van der Waals surface area contributed by atoms with Gasteiger partial charge in [-0.1, -0.05) is 13.3 Å². The largest absolute Gasteiger partial charge is 0.494 e. The SMILES string of the molecule is CC1CCN(CCCOc2ccc(N3CCCC3CN3CCCCC3)cc2)CC1. The average Bonchev–Trinajstić information content (AvgIpc) is 3.22. The van der Waals surface area contributed by atoms with E-state index in [1.165, 1.54) is 96.4 Å². The van der Waals surface area contributed by atoms with E-state index >= 15 is 0 Å². The van der Waals surface area contributed by atoms with E-state index in [0.29, 0.717) is 6.04 Å². The normalized spacial score (nSPS) is 24.9. The van der Waals surface area contributed by atoms with Crippen molar-refractivity contribution in [3.8, 4) is 5.75 Å². The third-order valence-electron chi connectivity index (χ3n) is 7.23. The predicted octanol–water partition coefficient (Wildman–Crippen LogP) is 4.64. The summed E-state index contributed by atoms with van der Waals surface area (Å²) in [5.41, 5.74) is 1.37. The van der Waals surface area contributed by atoms with Gasteiger partial charge in [0.2, 0.25) is 0 Å². The molecule has 3 aliphatic rings. The van der Waals surface area contributed by atoms with Gasteiger partial charge in [-0.15, -0.1) is 0 Å². The van der Waals surface area contributed by atoms with Gasteiger partial charge >= 0.3 is 0 Å². The Labute approximate surface area is 178 Å². The third kappa shape index (κ3) is 6.11. The maximum atomic E-state index is 6.03. The van der Waals surface area contributed by atoms with Gasteiger partial charge in [-0.3, -0.25) is 0 Å². The van der Waals surface area contributed by atoms with Crippen LogP contribution in [0.3, 0.4) is 0 Å². The monoisotopic (exact) mass is 399 g/mol. The van der Waals surface area contributed by atoms with Crippen LogP contribution in [0.15, 0.2) is 24.3 Å². The molecule has 3 saturated heterocycles. The second-order valence-electron chi connectivity index (χ2n) is 9.57. The Hall–Kier alpha value is -1.26. The lowest BCUT2D eigenvalue weighted by Crippen LogP contribution is -2.42. The molecule has 1 aromatic carbocycles. The van der Waals surface area contributed by atoms with Crippen LogP contribution in [0.2, 0.25) is 0 Å². The molecule has 0 aromatic heterocycles. The van der Waals surface area contributed by atoms with Crippen molar-refractivity contribution in [2.45, 2.75) is 64.3 Å². The summed E-state index contributed by atoms with van der Waals surface area (Å²) < 4.78 is 6.03. The lowest BCUT2D eigenvalue weighted by atomic mass is 9.99. The summed E-state index contributed by atoms with van der Waals surface area (Å²) in [4.78, 5) is 7.92. The van der Waals surface area contributed by atoms with Crippen LogP contribution in [0.5, 0.6) is 5.75 Å². The molecule has 0 bridgehead atoms. The lowest BCUT2D eigenvalue weighted by molar-refractivity contribution is 0.177.